The molecule has 0 N–H and O–H groups in total. The zero-order valence-corrected chi connectivity index (χ0v) is 10.6. The Morgan fingerprint density at radius 1 is 1.50 bits per heavy atom. The molecule has 0 aromatic heterocycles. The van der Waals surface area contributed by atoms with Crippen LogP contribution >= 0.6 is 39.3 Å². The van der Waals surface area contributed by atoms with Crippen LogP contribution in [0.15, 0.2) is 27.6 Å². The fourth-order valence-corrected chi connectivity index (χ4v) is 2.54. The Morgan fingerprint density at radius 2 is 2.29 bits per heavy atom. The lowest BCUT2D eigenvalue weighted by Gasteiger charge is -2.02. The molecule has 0 bridgehead atoms. The summed E-state index contributed by atoms with van der Waals surface area (Å²) in [4.78, 5) is 1.03. The quantitative estimate of drug-likeness (QED) is 0.475. The van der Waals surface area contributed by atoms with Crippen molar-refractivity contribution in [1.82, 2.24) is 0 Å². The van der Waals surface area contributed by atoms with Gasteiger partial charge in [-0.2, -0.15) is 5.26 Å². The minimum absolute atomic E-state index is 0.672. The number of thioether (sulfide) groups is 1. The molecule has 0 aliphatic rings. The predicted octanol–water partition coefficient (Wildman–Crippen LogP) is 4.04. The lowest BCUT2D eigenvalue weighted by atomic mass is 10.2. The Balaban J connectivity index is 2.72. The van der Waals surface area contributed by atoms with Crippen molar-refractivity contribution in [3.63, 3.8) is 0 Å². The van der Waals surface area contributed by atoms with Crippen molar-refractivity contribution in [2.45, 2.75) is 11.3 Å². The Labute approximate surface area is 102 Å². The molecule has 0 aliphatic heterocycles. The largest absolute Gasteiger partial charge is 0.192 e. The second-order valence-corrected chi connectivity index (χ2v) is 5.07. The lowest BCUT2D eigenvalue weighted by Crippen LogP contribution is -1.85. The number of halogens is 2. The lowest BCUT2D eigenvalue weighted by molar-refractivity contribution is 1.11. The third kappa shape index (κ3) is 3.53. The molecule has 0 radical (unpaired) electrons. The van der Waals surface area contributed by atoms with Gasteiger partial charge < -0.3 is 0 Å². The van der Waals surface area contributed by atoms with E-state index in [1.807, 2.05) is 18.2 Å². The first-order valence-corrected chi connectivity index (χ1v) is 6.47. The van der Waals surface area contributed by atoms with Gasteiger partial charge in [0.15, 0.2) is 0 Å². The maximum absolute atomic E-state index is 8.89. The molecule has 1 rings (SSSR count). The van der Waals surface area contributed by atoms with Gasteiger partial charge in [0.25, 0.3) is 0 Å². The van der Waals surface area contributed by atoms with E-state index in [0.29, 0.717) is 5.88 Å². The first-order chi connectivity index (χ1) is 6.77. The Bertz CT molecular complexity index is 348. The molecule has 0 spiro atoms. The standard InChI is InChI=1S/C10H9BrClNS/c11-9-2-3-10(8(6-9)7-13)14-5-1-4-12/h2-3,6H,1,4-5H2. The first kappa shape index (κ1) is 11.9. The van der Waals surface area contributed by atoms with E-state index in [9.17, 15) is 0 Å². The third-order valence-electron chi connectivity index (χ3n) is 1.60. The summed E-state index contributed by atoms with van der Waals surface area (Å²) in [6.45, 7) is 0. The number of benzene rings is 1. The van der Waals surface area contributed by atoms with Crippen LogP contribution in [0.5, 0.6) is 0 Å². The van der Waals surface area contributed by atoms with Crippen molar-refractivity contribution >= 4 is 39.3 Å². The molecule has 0 amide bonds. The van der Waals surface area contributed by atoms with Gasteiger partial charge in [0.05, 0.1) is 5.56 Å². The van der Waals surface area contributed by atoms with Gasteiger partial charge >= 0.3 is 0 Å². The van der Waals surface area contributed by atoms with Crippen LogP contribution in [-0.2, 0) is 0 Å². The van der Waals surface area contributed by atoms with Crippen LogP contribution < -0.4 is 0 Å². The molecule has 0 unspecified atom stereocenters. The molecule has 0 heterocycles. The second-order valence-electron chi connectivity index (χ2n) is 2.64. The van der Waals surface area contributed by atoms with Crippen molar-refractivity contribution in [2.75, 3.05) is 11.6 Å². The summed E-state index contributed by atoms with van der Waals surface area (Å²) >= 11 is 10.6. The van der Waals surface area contributed by atoms with Gasteiger partial charge in [-0.3, -0.25) is 0 Å². The molecular formula is C10H9BrClNS. The summed E-state index contributed by atoms with van der Waals surface area (Å²) in [7, 11) is 0. The second kappa shape index (κ2) is 6.34. The molecule has 74 valence electrons. The van der Waals surface area contributed by atoms with E-state index in [1.165, 1.54) is 0 Å². The van der Waals surface area contributed by atoms with Crippen LogP contribution in [0.1, 0.15) is 12.0 Å². The third-order valence-corrected chi connectivity index (χ3v) is 3.52. The Kier molecular flexibility index (Phi) is 5.39. The smallest absolute Gasteiger partial charge is 0.100 e. The highest BCUT2D eigenvalue weighted by molar-refractivity contribution is 9.10. The summed E-state index contributed by atoms with van der Waals surface area (Å²) in [5.74, 6) is 1.63. The van der Waals surface area contributed by atoms with E-state index >= 15 is 0 Å². The van der Waals surface area contributed by atoms with Crippen LogP contribution in [0.3, 0.4) is 0 Å². The van der Waals surface area contributed by atoms with E-state index in [4.69, 9.17) is 16.9 Å². The predicted molar refractivity (Wildman–Crippen MR) is 64.9 cm³/mol. The van der Waals surface area contributed by atoms with Gasteiger partial charge in [-0.15, -0.1) is 23.4 Å². The topological polar surface area (TPSA) is 23.8 Å². The molecule has 1 aromatic rings. The van der Waals surface area contributed by atoms with Gasteiger partial charge in [-0.25, -0.2) is 0 Å². The first-order valence-electron chi connectivity index (χ1n) is 4.16. The number of hydrogen-bond acceptors (Lipinski definition) is 2. The van der Waals surface area contributed by atoms with Crippen molar-refractivity contribution in [2.24, 2.45) is 0 Å². The maximum atomic E-state index is 8.89. The molecule has 0 saturated heterocycles. The fourth-order valence-electron chi connectivity index (χ4n) is 0.952. The van der Waals surface area contributed by atoms with Crippen LogP contribution in [0, 0.1) is 11.3 Å². The maximum Gasteiger partial charge on any atom is 0.100 e. The number of nitriles is 1. The normalized spacial score (nSPS) is 9.79. The highest BCUT2D eigenvalue weighted by Crippen LogP contribution is 2.25. The molecule has 4 heteroatoms. The summed E-state index contributed by atoms with van der Waals surface area (Å²) in [6, 6.07) is 7.92. The van der Waals surface area contributed by atoms with Crippen LogP contribution in [-0.4, -0.2) is 11.6 Å². The van der Waals surface area contributed by atoms with Gasteiger partial charge in [0.2, 0.25) is 0 Å². The fraction of sp³-hybridized carbons (Fsp3) is 0.300. The molecular weight excluding hydrogens is 282 g/mol. The zero-order valence-electron chi connectivity index (χ0n) is 7.46. The van der Waals surface area contributed by atoms with Crippen molar-refractivity contribution in [1.29, 1.82) is 5.26 Å². The molecule has 1 nitrogen and oxygen atoms in total. The van der Waals surface area contributed by atoms with E-state index in [0.717, 1.165) is 27.1 Å². The summed E-state index contributed by atoms with van der Waals surface area (Å²) in [5, 5.41) is 8.89. The SMILES string of the molecule is N#Cc1cc(Br)ccc1SCCCCl. The number of alkyl halides is 1. The van der Waals surface area contributed by atoms with Gasteiger partial charge in [0.1, 0.15) is 6.07 Å². The summed E-state index contributed by atoms with van der Waals surface area (Å²) in [6.07, 6.45) is 0.965. The van der Waals surface area contributed by atoms with Crippen LogP contribution in [0.2, 0.25) is 0 Å². The van der Waals surface area contributed by atoms with E-state index < -0.39 is 0 Å². The number of rotatable bonds is 4. The summed E-state index contributed by atoms with van der Waals surface area (Å²) in [5.41, 5.74) is 0.721. The van der Waals surface area contributed by atoms with Crippen molar-refractivity contribution in [3.05, 3.63) is 28.2 Å². The van der Waals surface area contributed by atoms with Crippen molar-refractivity contribution in [3.8, 4) is 6.07 Å². The number of nitrogens with zero attached hydrogens (tertiary/aromatic N) is 1. The molecule has 0 fully saturated rings. The average molecular weight is 291 g/mol. The monoisotopic (exact) mass is 289 g/mol. The van der Waals surface area contributed by atoms with Crippen LogP contribution in [0.4, 0.5) is 0 Å². The minimum Gasteiger partial charge on any atom is -0.192 e. The highest BCUT2D eigenvalue weighted by Gasteiger charge is 2.02. The Hall–Kier alpha value is -0.170. The van der Waals surface area contributed by atoms with Gasteiger partial charge in [-0.05, 0) is 30.4 Å². The van der Waals surface area contributed by atoms with Crippen LogP contribution in [0.25, 0.3) is 0 Å². The molecule has 0 atom stereocenters. The average Bonchev–Trinajstić information content (AvgIpc) is 2.20. The molecule has 1 aromatic carbocycles. The highest BCUT2D eigenvalue weighted by atomic mass is 79.9. The molecule has 0 saturated carbocycles. The van der Waals surface area contributed by atoms with E-state index in [1.54, 1.807) is 11.8 Å². The van der Waals surface area contributed by atoms with Crippen molar-refractivity contribution < 1.29 is 0 Å². The number of hydrogen-bond donors (Lipinski definition) is 0. The van der Waals surface area contributed by atoms with E-state index in [2.05, 4.69) is 22.0 Å². The van der Waals surface area contributed by atoms with Gasteiger partial charge in [-0.1, -0.05) is 15.9 Å². The minimum atomic E-state index is 0.672. The Morgan fingerprint density at radius 3 is 2.93 bits per heavy atom. The summed E-state index contributed by atoms with van der Waals surface area (Å²) < 4.78 is 0.941. The van der Waals surface area contributed by atoms with E-state index in [-0.39, 0.29) is 0 Å². The van der Waals surface area contributed by atoms with Gasteiger partial charge in [0, 0.05) is 15.2 Å². The molecule has 14 heavy (non-hydrogen) atoms. The molecule has 0 aliphatic carbocycles. The zero-order chi connectivity index (χ0) is 10.4.